The summed E-state index contributed by atoms with van der Waals surface area (Å²) in [5, 5.41) is 0. The highest BCUT2D eigenvalue weighted by molar-refractivity contribution is 9.09. The van der Waals surface area contributed by atoms with Gasteiger partial charge in [0.25, 0.3) is 0 Å². The quantitative estimate of drug-likeness (QED) is 0.720. The van der Waals surface area contributed by atoms with Crippen molar-refractivity contribution in [2.75, 3.05) is 20.7 Å². The number of halogens is 1. The Labute approximate surface area is 109 Å². The van der Waals surface area contributed by atoms with Gasteiger partial charge in [-0.3, -0.25) is 0 Å². The molecule has 16 heavy (non-hydrogen) atoms. The summed E-state index contributed by atoms with van der Waals surface area (Å²) in [5.41, 5.74) is 0.00470. The van der Waals surface area contributed by atoms with Crippen LogP contribution < -0.4 is 0 Å². The third kappa shape index (κ3) is 4.34. The predicted molar refractivity (Wildman–Crippen MR) is 73.3 cm³/mol. The molecule has 0 aromatic heterocycles. The molecule has 0 spiro atoms. The van der Waals surface area contributed by atoms with Gasteiger partial charge in [0, 0.05) is 24.5 Å². The third-order valence-corrected chi connectivity index (χ3v) is 4.90. The molecular weight excluding hydrogens is 266 g/mol. The first-order chi connectivity index (χ1) is 7.46. The lowest BCUT2D eigenvalue weighted by Gasteiger charge is -2.36. The van der Waals surface area contributed by atoms with E-state index in [1.165, 1.54) is 25.7 Å². The van der Waals surface area contributed by atoms with E-state index in [-0.39, 0.29) is 5.60 Å². The Morgan fingerprint density at radius 2 is 1.94 bits per heavy atom. The summed E-state index contributed by atoms with van der Waals surface area (Å²) in [6.45, 7) is 5.44. The maximum Gasteiger partial charge on any atom is 0.0634 e. The summed E-state index contributed by atoms with van der Waals surface area (Å²) in [4.78, 5) is 3.18. The Bertz CT molecular complexity index is 208. The number of methoxy groups -OCH3 is 1. The fraction of sp³-hybridized carbons (Fsp3) is 1.00. The van der Waals surface area contributed by atoms with E-state index >= 15 is 0 Å². The molecule has 3 heteroatoms. The van der Waals surface area contributed by atoms with Crippen LogP contribution in [0.4, 0.5) is 0 Å². The fourth-order valence-corrected chi connectivity index (χ4v) is 3.27. The van der Waals surface area contributed by atoms with Crippen LogP contribution in [0.3, 0.4) is 0 Å². The van der Waals surface area contributed by atoms with Gasteiger partial charge in [-0.1, -0.05) is 28.8 Å². The second-order valence-corrected chi connectivity index (χ2v) is 6.74. The lowest BCUT2D eigenvalue weighted by Crippen LogP contribution is -2.42. The zero-order valence-corrected chi connectivity index (χ0v) is 12.7. The van der Waals surface area contributed by atoms with Crippen LogP contribution in [-0.4, -0.2) is 42.1 Å². The summed E-state index contributed by atoms with van der Waals surface area (Å²) < 4.78 is 5.46. The number of alkyl halides is 1. The molecule has 2 atom stereocenters. The van der Waals surface area contributed by atoms with Crippen molar-refractivity contribution < 1.29 is 4.74 Å². The smallest absolute Gasteiger partial charge is 0.0634 e. The highest BCUT2D eigenvalue weighted by Gasteiger charge is 2.27. The molecule has 1 aliphatic rings. The molecule has 0 aromatic carbocycles. The normalized spacial score (nSPS) is 27.4. The molecule has 2 unspecified atom stereocenters. The molecule has 2 nitrogen and oxygen atoms in total. The van der Waals surface area contributed by atoms with Gasteiger partial charge in [-0.05, 0) is 40.2 Å². The van der Waals surface area contributed by atoms with Gasteiger partial charge in [-0.25, -0.2) is 0 Å². The number of ether oxygens (including phenoxy) is 1. The van der Waals surface area contributed by atoms with Crippen LogP contribution in [0, 0.1) is 0 Å². The predicted octanol–water partition coefficient (Wildman–Crippen LogP) is 3.44. The van der Waals surface area contributed by atoms with Crippen molar-refractivity contribution in [2.45, 2.75) is 62.4 Å². The molecule has 0 amide bonds. The van der Waals surface area contributed by atoms with E-state index in [2.05, 4.69) is 41.7 Å². The SMILES string of the molecule is COC(C)(C)CCN(C)C1CCCCC1Br. The van der Waals surface area contributed by atoms with Crippen LogP contribution in [0.1, 0.15) is 46.0 Å². The Morgan fingerprint density at radius 1 is 1.31 bits per heavy atom. The zero-order valence-electron chi connectivity index (χ0n) is 11.1. The van der Waals surface area contributed by atoms with E-state index in [0.717, 1.165) is 13.0 Å². The topological polar surface area (TPSA) is 12.5 Å². The molecule has 0 aliphatic heterocycles. The standard InChI is InChI=1S/C13H26BrNO/c1-13(2,16-4)9-10-15(3)12-8-6-5-7-11(12)14/h11-12H,5-10H2,1-4H3. The van der Waals surface area contributed by atoms with Crippen molar-refractivity contribution >= 4 is 15.9 Å². The molecule has 1 rings (SSSR count). The van der Waals surface area contributed by atoms with Crippen molar-refractivity contribution in [1.29, 1.82) is 0 Å². The number of nitrogens with zero attached hydrogens (tertiary/aromatic N) is 1. The van der Waals surface area contributed by atoms with Crippen LogP contribution in [-0.2, 0) is 4.74 Å². The van der Waals surface area contributed by atoms with Crippen molar-refractivity contribution in [3.63, 3.8) is 0 Å². The van der Waals surface area contributed by atoms with Crippen molar-refractivity contribution in [1.82, 2.24) is 4.90 Å². The monoisotopic (exact) mass is 291 g/mol. The average Bonchev–Trinajstić information content (AvgIpc) is 2.27. The summed E-state index contributed by atoms with van der Waals surface area (Å²) >= 11 is 3.82. The van der Waals surface area contributed by atoms with E-state index in [0.29, 0.717) is 10.9 Å². The first-order valence-corrected chi connectivity index (χ1v) is 7.27. The van der Waals surface area contributed by atoms with Crippen LogP contribution >= 0.6 is 15.9 Å². The van der Waals surface area contributed by atoms with Crippen molar-refractivity contribution in [3.8, 4) is 0 Å². The minimum Gasteiger partial charge on any atom is -0.379 e. The van der Waals surface area contributed by atoms with Gasteiger partial charge in [-0.15, -0.1) is 0 Å². The maximum atomic E-state index is 5.46. The molecule has 0 aromatic rings. The van der Waals surface area contributed by atoms with E-state index < -0.39 is 0 Å². The molecule has 1 aliphatic carbocycles. The van der Waals surface area contributed by atoms with Gasteiger partial charge in [-0.2, -0.15) is 0 Å². The molecule has 0 saturated heterocycles. The van der Waals surface area contributed by atoms with Gasteiger partial charge in [0.05, 0.1) is 5.60 Å². The van der Waals surface area contributed by atoms with Crippen molar-refractivity contribution in [3.05, 3.63) is 0 Å². The lowest BCUT2D eigenvalue weighted by molar-refractivity contribution is 0.00542. The Morgan fingerprint density at radius 3 is 2.50 bits per heavy atom. The van der Waals surface area contributed by atoms with E-state index in [9.17, 15) is 0 Å². The lowest BCUT2D eigenvalue weighted by atomic mass is 9.93. The van der Waals surface area contributed by atoms with Crippen LogP contribution in [0.5, 0.6) is 0 Å². The number of hydrogen-bond donors (Lipinski definition) is 0. The van der Waals surface area contributed by atoms with E-state index in [4.69, 9.17) is 4.74 Å². The Kier molecular flexibility index (Phi) is 5.75. The largest absolute Gasteiger partial charge is 0.379 e. The summed E-state index contributed by atoms with van der Waals surface area (Å²) in [5.74, 6) is 0. The molecule has 0 heterocycles. The molecule has 96 valence electrons. The highest BCUT2D eigenvalue weighted by atomic mass is 79.9. The second kappa shape index (κ2) is 6.36. The van der Waals surface area contributed by atoms with Gasteiger partial charge in [0.2, 0.25) is 0 Å². The maximum absolute atomic E-state index is 5.46. The Balaban J connectivity index is 2.36. The van der Waals surface area contributed by atoms with E-state index in [1.807, 2.05) is 0 Å². The molecule has 0 bridgehead atoms. The van der Waals surface area contributed by atoms with Gasteiger partial charge in [0.15, 0.2) is 0 Å². The summed E-state index contributed by atoms with van der Waals surface area (Å²) in [6, 6.07) is 0.710. The first-order valence-electron chi connectivity index (χ1n) is 6.36. The molecule has 1 fully saturated rings. The number of hydrogen-bond acceptors (Lipinski definition) is 2. The van der Waals surface area contributed by atoms with Crippen LogP contribution in [0.2, 0.25) is 0 Å². The Hall–Kier alpha value is 0.400. The van der Waals surface area contributed by atoms with Crippen molar-refractivity contribution in [2.24, 2.45) is 0 Å². The average molecular weight is 292 g/mol. The second-order valence-electron chi connectivity index (χ2n) is 5.56. The molecule has 1 saturated carbocycles. The zero-order chi connectivity index (χ0) is 12.2. The first kappa shape index (κ1) is 14.5. The summed E-state index contributed by atoms with van der Waals surface area (Å²) in [7, 11) is 4.05. The molecule has 0 radical (unpaired) electrons. The van der Waals surface area contributed by atoms with Gasteiger partial charge >= 0.3 is 0 Å². The van der Waals surface area contributed by atoms with Crippen LogP contribution in [0.25, 0.3) is 0 Å². The van der Waals surface area contributed by atoms with Gasteiger partial charge < -0.3 is 9.64 Å². The number of rotatable bonds is 5. The fourth-order valence-electron chi connectivity index (χ4n) is 2.28. The molecular formula is C13H26BrNO. The van der Waals surface area contributed by atoms with E-state index in [1.54, 1.807) is 7.11 Å². The third-order valence-electron chi connectivity index (χ3n) is 3.83. The molecule has 0 N–H and O–H groups in total. The highest BCUT2D eigenvalue weighted by Crippen LogP contribution is 2.28. The van der Waals surface area contributed by atoms with Crippen LogP contribution in [0.15, 0.2) is 0 Å². The minimum atomic E-state index is 0.00470. The summed E-state index contributed by atoms with van der Waals surface area (Å²) in [6.07, 6.45) is 6.51. The van der Waals surface area contributed by atoms with Gasteiger partial charge in [0.1, 0.15) is 0 Å². The minimum absolute atomic E-state index is 0.00470.